The van der Waals surface area contributed by atoms with Gasteiger partial charge in [0.15, 0.2) is 0 Å². The minimum absolute atomic E-state index is 0. The van der Waals surface area contributed by atoms with Crippen LogP contribution in [-0.2, 0) is 4.74 Å². The van der Waals surface area contributed by atoms with Crippen molar-refractivity contribution >= 4 is 18.5 Å². The zero-order valence-corrected chi connectivity index (χ0v) is 25.7. The van der Waals surface area contributed by atoms with Crippen LogP contribution in [-0.4, -0.2) is 124 Å². The molecule has 0 aliphatic carbocycles. The molecule has 2 unspecified atom stereocenters. The molecular formula is C28H57ClN4O5. The summed E-state index contributed by atoms with van der Waals surface area (Å²) >= 11 is 0. The van der Waals surface area contributed by atoms with Crippen LogP contribution in [0.25, 0.3) is 0 Å². The molecular weight excluding hydrogens is 508 g/mol. The Kier molecular flexibility index (Phi) is 14.8. The highest BCUT2D eigenvalue weighted by molar-refractivity contribution is 5.85. The summed E-state index contributed by atoms with van der Waals surface area (Å²) in [4.78, 5) is 19.0. The van der Waals surface area contributed by atoms with Crippen molar-refractivity contribution in [3.05, 3.63) is 0 Å². The lowest BCUT2D eigenvalue weighted by Crippen LogP contribution is -2.54. The molecule has 4 saturated heterocycles. The number of ether oxygens (including phenoxy) is 1. The number of nitrogens with zero attached hydrogens (tertiary/aromatic N) is 3. The van der Waals surface area contributed by atoms with Gasteiger partial charge in [-0.05, 0) is 92.5 Å². The van der Waals surface area contributed by atoms with Crippen LogP contribution in [0, 0.1) is 0 Å². The molecule has 10 heteroatoms. The van der Waals surface area contributed by atoms with Gasteiger partial charge in [0, 0.05) is 65.0 Å². The molecule has 0 aromatic heterocycles. The molecule has 4 aliphatic rings. The van der Waals surface area contributed by atoms with E-state index in [2.05, 4.69) is 15.1 Å². The second-order valence-corrected chi connectivity index (χ2v) is 12.8. The summed E-state index contributed by atoms with van der Waals surface area (Å²) in [6.45, 7) is 17.4. The maximum Gasteiger partial charge on any atom is 0.410 e. The average molecular weight is 565 g/mol. The van der Waals surface area contributed by atoms with E-state index in [-0.39, 0.29) is 18.5 Å². The Morgan fingerprint density at radius 3 is 1.76 bits per heavy atom. The SMILES string of the molecule is CC1(O)CCN(C2CCCN(C(=O)OC(C)(C)C)C2)CC1.CC1(O)CCN(C2CCCNC2)CC1.CO.Cl. The Morgan fingerprint density at radius 1 is 0.842 bits per heavy atom. The maximum absolute atomic E-state index is 12.2. The normalized spacial score (nSPS) is 28.0. The molecule has 4 fully saturated rings. The number of carbonyl (C=O) groups is 1. The van der Waals surface area contributed by atoms with Gasteiger partial charge in [0.25, 0.3) is 0 Å². The number of hydrogen-bond acceptors (Lipinski definition) is 8. The number of aliphatic hydroxyl groups excluding tert-OH is 1. The van der Waals surface area contributed by atoms with E-state index >= 15 is 0 Å². The first-order valence-electron chi connectivity index (χ1n) is 14.4. The van der Waals surface area contributed by atoms with Gasteiger partial charge in [0.1, 0.15) is 5.60 Å². The van der Waals surface area contributed by atoms with Crippen molar-refractivity contribution < 1.29 is 24.9 Å². The van der Waals surface area contributed by atoms with Crippen LogP contribution in [0.1, 0.15) is 86.0 Å². The first kappa shape index (κ1) is 35.3. The Labute approximate surface area is 237 Å². The molecule has 0 aromatic rings. The number of aliphatic hydroxyl groups is 3. The average Bonchev–Trinajstić information content (AvgIpc) is 2.85. The number of likely N-dealkylation sites (tertiary alicyclic amines) is 3. The monoisotopic (exact) mass is 564 g/mol. The molecule has 0 spiro atoms. The largest absolute Gasteiger partial charge is 0.444 e. The van der Waals surface area contributed by atoms with Crippen molar-refractivity contribution in [2.24, 2.45) is 0 Å². The summed E-state index contributed by atoms with van der Waals surface area (Å²) < 4.78 is 5.47. The van der Waals surface area contributed by atoms with Crippen LogP contribution in [0.15, 0.2) is 0 Å². The van der Waals surface area contributed by atoms with Crippen molar-refractivity contribution in [1.29, 1.82) is 0 Å². The topological polar surface area (TPSA) is 109 Å². The summed E-state index contributed by atoms with van der Waals surface area (Å²) in [5.41, 5.74) is -1.36. The lowest BCUT2D eigenvalue weighted by molar-refractivity contribution is -0.0306. The van der Waals surface area contributed by atoms with Gasteiger partial charge in [-0.3, -0.25) is 9.80 Å². The lowest BCUT2D eigenvalue weighted by Gasteiger charge is -2.44. The van der Waals surface area contributed by atoms with E-state index in [1.165, 1.54) is 19.4 Å². The fourth-order valence-electron chi connectivity index (χ4n) is 5.63. The van der Waals surface area contributed by atoms with Gasteiger partial charge in [-0.2, -0.15) is 0 Å². The van der Waals surface area contributed by atoms with E-state index in [0.29, 0.717) is 6.04 Å². The number of carbonyl (C=O) groups excluding carboxylic acids is 1. The summed E-state index contributed by atoms with van der Waals surface area (Å²) in [7, 11) is 1.00. The van der Waals surface area contributed by atoms with Gasteiger partial charge < -0.3 is 30.3 Å². The first-order chi connectivity index (χ1) is 17.3. The minimum Gasteiger partial charge on any atom is -0.444 e. The summed E-state index contributed by atoms with van der Waals surface area (Å²) in [6, 6.07) is 1.13. The lowest BCUT2D eigenvalue weighted by atomic mass is 9.91. The summed E-state index contributed by atoms with van der Waals surface area (Å²) in [5, 5.41) is 30.3. The molecule has 4 N–H and O–H groups in total. The molecule has 9 nitrogen and oxygen atoms in total. The molecule has 2 atom stereocenters. The zero-order chi connectivity index (χ0) is 27.7. The summed E-state index contributed by atoms with van der Waals surface area (Å²) in [6.07, 6.45) is 8.08. The molecule has 4 aliphatic heterocycles. The van der Waals surface area contributed by atoms with Crippen molar-refractivity contribution in [3.63, 3.8) is 0 Å². The molecule has 226 valence electrons. The van der Waals surface area contributed by atoms with Crippen LogP contribution in [0.2, 0.25) is 0 Å². The number of hydrogen-bond donors (Lipinski definition) is 4. The molecule has 0 radical (unpaired) electrons. The minimum atomic E-state index is -0.518. The Bertz CT molecular complexity index is 663. The van der Waals surface area contributed by atoms with Gasteiger partial charge in [0.2, 0.25) is 0 Å². The van der Waals surface area contributed by atoms with Gasteiger partial charge in [-0.25, -0.2) is 4.79 Å². The van der Waals surface area contributed by atoms with E-state index in [1.807, 2.05) is 39.5 Å². The quantitative estimate of drug-likeness (QED) is 0.405. The molecule has 0 bridgehead atoms. The van der Waals surface area contributed by atoms with Gasteiger partial charge in [-0.15, -0.1) is 12.4 Å². The third kappa shape index (κ3) is 12.2. The number of nitrogens with one attached hydrogen (secondary N) is 1. The number of amides is 1. The third-order valence-corrected chi connectivity index (χ3v) is 8.10. The molecule has 4 heterocycles. The predicted molar refractivity (Wildman–Crippen MR) is 155 cm³/mol. The predicted octanol–water partition coefficient (Wildman–Crippen LogP) is 2.85. The first-order valence-corrected chi connectivity index (χ1v) is 14.4. The second-order valence-electron chi connectivity index (χ2n) is 12.8. The highest BCUT2D eigenvalue weighted by Gasteiger charge is 2.35. The Balaban J connectivity index is 0.000000370. The van der Waals surface area contributed by atoms with E-state index < -0.39 is 16.8 Å². The molecule has 38 heavy (non-hydrogen) atoms. The standard InChI is InChI=1S/C16H30N2O3.C11H22N2O.CH4O.ClH/c1-15(2,3)21-14(19)18-9-5-6-13(12-18)17-10-7-16(4,20)8-11-17;1-11(14)4-7-13(8-5-11)10-3-2-6-12-9-10;1-2;/h13,20H,5-12H2,1-4H3;10,12,14H,2-9H2,1H3;2H,1H3;1H. The third-order valence-electron chi connectivity index (χ3n) is 8.10. The van der Waals surface area contributed by atoms with Crippen LogP contribution in [0.4, 0.5) is 4.79 Å². The summed E-state index contributed by atoms with van der Waals surface area (Å²) in [5.74, 6) is 0. The van der Waals surface area contributed by atoms with E-state index in [1.54, 1.807) is 0 Å². The van der Waals surface area contributed by atoms with E-state index in [4.69, 9.17) is 9.84 Å². The fraction of sp³-hybridized carbons (Fsp3) is 0.964. The van der Waals surface area contributed by atoms with Crippen molar-refractivity contribution in [3.8, 4) is 0 Å². The van der Waals surface area contributed by atoms with Crippen LogP contribution < -0.4 is 5.32 Å². The van der Waals surface area contributed by atoms with Crippen LogP contribution in [0.3, 0.4) is 0 Å². The maximum atomic E-state index is 12.2. The Morgan fingerprint density at radius 2 is 1.32 bits per heavy atom. The van der Waals surface area contributed by atoms with Gasteiger partial charge in [-0.1, -0.05) is 0 Å². The number of piperidine rings is 4. The van der Waals surface area contributed by atoms with Crippen LogP contribution in [0.5, 0.6) is 0 Å². The fourth-order valence-corrected chi connectivity index (χ4v) is 5.63. The molecule has 1 amide bonds. The van der Waals surface area contributed by atoms with Crippen LogP contribution >= 0.6 is 12.4 Å². The second kappa shape index (κ2) is 15.9. The number of halogens is 1. The molecule has 4 rings (SSSR count). The van der Waals surface area contributed by atoms with E-state index in [0.717, 1.165) is 97.5 Å². The zero-order valence-electron chi connectivity index (χ0n) is 24.9. The van der Waals surface area contributed by atoms with Crippen molar-refractivity contribution in [2.75, 3.05) is 59.5 Å². The highest BCUT2D eigenvalue weighted by Crippen LogP contribution is 2.27. The van der Waals surface area contributed by atoms with E-state index in [9.17, 15) is 15.0 Å². The molecule has 0 saturated carbocycles. The Hall–Kier alpha value is -0.680. The molecule has 0 aromatic carbocycles. The van der Waals surface area contributed by atoms with Gasteiger partial charge >= 0.3 is 6.09 Å². The highest BCUT2D eigenvalue weighted by atomic mass is 35.5. The van der Waals surface area contributed by atoms with Crippen molar-refractivity contribution in [2.45, 2.75) is 115 Å². The smallest absolute Gasteiger partial charge is 0.410 e. The number of rotatable bonds is 2. The van der Waals surface area contributed by atoms with Gasteiger partial charge in [0.05, 0.1) is 11.2 Å². The van der Waals surface area contributed by atoms with Crippen molar-refractivity contribution in [1.82, 2.24) is 20.0 Å².